The summed E-state index contributed by atoms with van der Waals surface area (Å²) in [5.74, 6) is 0.0475. The second-order valence-electron chi connectivity index (χ2n) is 6.01. The van der Waals surface area contributed by atoms with Gasteiger partial charge in [-0.15, -0.1) is 0 Å². The van der Waals surface area contributed by atoms with Crippen molar-refractivity contribution in [3.8, 4) is 0 Å². The third-order valence-electron chi connectivity index (χ3n) is 4.55. The summed E-state index contributed by atoms with van der Waals surface area (Å²) in [6.45, 7) is 2.73. The summed E-state index contributed by atoms with van der Waals surface area (Å²) in [7, 11) is 0. The molecule has 0 radical (unpaired) electrons. The Labute approximate surface area is 134 Å². The number of fused-ring (bicyclic) bond motifs is 1. The summed E-state index contributed by atoms with van der Waals surface area (Å²) < 4.78 is 0. The fraction of sp³-hybridized carbons (Fsp3) is 0.278. The van der Waals surface area contributed by atoms with Gasteiger partial charge in [0.15, 0.2) is 5.65 Å². The van der Waals surface area contributed by atoms with Gasteiger partial charge in [0.05, 0.1) is 11.6 Å². The van der Waals surface area contributed by atoms with Gasteiger partial charge in [0.1, 0.15) is 0 Å². The Morgan fingerprint density at radius 2 is 2.13 bits per heavy atom. The van der Waals surface area contributed by atoms with Crippen LogP contribution in [0.4, 0.5) is 0 Å². The second kappa shape index (κ2) is 5.50. The number of hydrogen-bond acceptors (Lipinski definition) is 3. The van der Waals surface area contributed by atoms with Crippen molar-refractivity contribution in [2.75, 3.05) is 6.54 Å². The van der Waals surface area contributed by atoms with Gasteiger partial charge in [0, 0.05) is 23.8 Å². The maximum Gasteiger partial charge on any atom is 0.255 e. The van der Waals surface area contributed by atoms with Crippen LogP contribution < -0.4 is 0 Å². The number of carbonyl (C=O) groups excluding carboxylic acids is 1. The van der Waals surface area contributed by atoms with Gasteiger partial charge in [-0.1, -0.05) is 30.3 Å². The molecule has 1 saturated heterocycles. The minimum Gasteiger partial charge on any atom is -0.332 e. The smallest absolute Gasteiger partial charge is 0.255 e. The fourth-order valence-electron chi connectivity index (χ4n) is 3.33. The van der Waals surface area contributed by atoms with Crippen molar-refractivity contribution in [3.63, 3.8) is 0 Å². The molecule has 116 valence electrons. The van der Waals surface area contributed by atoms with Crippen molar-refractivity contribution in [1.82, 2.24) is 20.1 Å². The monoisotopic (exact) mass is 306 g/mol. The molecule has 0 spiro atoms. The Bertz CT molecular complexity index is 856. The van der Waals surface area contributed by atoms with Gasteiger partial charge < -0.3 is 4.90 Å². The Kier molecular flexibility index (Phi) is 3.33. The minimum absolute atomic E-state index is 0.0475. The molecule has 2 aromatic heterocycles. The first-order valence-electron chi connectivity index (χ1n) is 7.90. The van der Waals surface area contributed by atoms with Crippen molar-refractivity contribution in [3.05, 3.63) is 59.4 Å². The first kappa shape index (κ1) is 13.9. The highest BCUT2D eigenvalue weighted by Gasteiger charge is 2.30. The maximum atomic E-state index is 13.0. The van der Waals surface area contributed by atoms with Crippen molar-refractivity contribution in [1.29, 1.82) is 0 Å². The summed E-state index contributed by atoms with van der Waals surface area (Å²) >= 11 is 0. The molecule has 0 aliphatic carbocycles. The van der Waals surface area contributed by atoms with E-state index in [4.69, 9.17) is 0 Å². The number of benzene rings is 1. The molecule has 1 aromatic carbocycles. The van der Waals surface area contributed by atoms with Crippen molar-refractivity contribution >= 4 is 16.9 Å². The molecule has 3 aromatic rings. The third kappa shape index (κ3) is 2.38. The summed E-state index contributed by atoms with van der Waals surface area (Å²) in [6.07, 6.45) is 3.67. The number of nitrogens with zero attached hydrogens (tertiary/aromatic N) is 3. The Balaban J connectivity index is 1.68. The number of hydrogen-bond donors (Lipinski definition) is 1. The van der Waals surface area contributed by atoms with E-state index in [-0.39, 0.29) is 11.9 Å². The summed E-state index contributed by atoms with van der Waals surface area (Å²) in [6, 6.07) is 12.3. The SMILES string of the molecule is Cc1[nH]nc2ncc(C(=O)N3CCC[C@H]3c3ccccc3)cc12. The molecule has 1 fully saturated rings. The lowest BCUT2D eigenvalue weighted by Gasteiger charge is -2.25. The van der Waals surface area contributed by atoms with Crippen LogP contribution in [0.25, 0.3) is 11.0 Å². The van der Waals surface area contributed by atoms with Crippen LogP contribution >= 0.6 is 0 Å². The number of likely N-dealkylation sites (tertiary alicyclic amines) is 1. The van der Waals surface area contributed by atoms with E-state index in [9.17, 15) is 4.79 Å². The zero-order chi connectivity index (χ0) is 15.8. The van der Waals surface area contributed by atoms with Crippen LogP contribution in [0.3, 0.4) is 0 Å². The van der Waals surface area contributed by atoms with E-state index in [1.54, 1.807) is 6.20 Å². The largest absolute Gasteiger partial charge is 0.332 e. The van der Waals surface area contributed by atoms with Gasteiger partial charge >= 0.3 is 0 Å². The van der Waals surface area contributed by atoms with Crippen LogP contribution in [0, 0.1) is 6.92 Å². The summed E-state index contributed by atoms with van der Waals surface area (Å²) in [5.41, 5.74) is 3.42. The molecule has 1 atom stereocenters. The van der Waals surface area contributed by atoms with Gasteiger partial charge in [-0.3, -0.25) is 9.89 Å². The van der Waals surface area contributed by atoms with Gasteiger partial charge in [0.25, 0.3) is 5.91 Å². The highest BCUT2D eigenvalue weighted by molar-refractivity contribution is 5.97. The Morgan fingerprint density at radius 1 is 1.30 bits per heavy atom. The van der Waals surface area contributed by atoms with Crippen molar-refractivity contribution in [2.24, 2.45) is 0 Å². The van der Waals surface area contributed by atoms with Crippen molar-refractivity contribution < 1.29 is 4.79 Å². The second-order valence-corrected chi connectivity index (χ2v) is 6.01. The number of amides is 1. The number of aryl methyl sites for hydroxylation is 1. The summed E-state index contributed by atoms with van der Waals surface area (Å²) in [4.78, 5) is 19.2. The summed E-state index contributed by atoms with van der Waals surface area (Å²) in [5, 5.41) is 7.94. The minimum atomic E-state index is 0.0475. The number of pyridine rings is 1. The molecule has 1 aliphatic heterocycles. The first-order valence-corrected chi connectivity index (χ1v) is 7.90. The third-order valence-corrected chi connectivity index (χ3v) is 4.55. The molecule has 5 nitrogen and oxygen atoms in total. The lowest BCUT2D eigenvalue weighted by Crippen LogP contribution is -2.30. The average Bonchev–Trinajstić information content (AvgIpc) is 3.22. The molecule has 0 unspecified atom stereocenters. The lowest BCUT2D eigenvalue weighted by molar-refractivity contribution is 0.0735. The Hall–Kier alpha value is -2.69. The molecule has 23 heavy (non-hydrogen) atoms. The van der Waals surface area contributed by atoms with Crippen molar-refractivity contribution in [2.45, 2.75) is 25.8 Å². The molecule has 0 bridgehead atoms. The molecule has 1 amide bonds. The highest BCUT2D eigenvalue weighted by Crippen LogP contribution is 2.33. The molecular formula is C18H18N4O. The molecule has 1 N–H and O–H groups in total. The van der Waals surface area contributed by atoms with Gasteiger partial charge in [-0.2, -0.15) is 5.10 Å². The lowest BCUT2D eigenvalue weighted by atomic mass is 10.0. The maximum absolute atomic E-state index is 13.0. The van der Waals surface area contributed by atoms with Crippen LogP contribution in [-0.4, -0.2) is 32.5 Å². The molecule has 1 aliphatic rings. The van der Waals surface area contributed by atoms with E-state index in [1.165, 1.54) is 5.56 Å². The van der Waals surface area contributed by atoms with E-state index < -0.39 is 0 Å². The van der Waals surface area contributed by atoms with Gasteiger partial charge in [0.2, 0.25) is 0 Å². The standard InChI is InChI=1S/C18H18N4O/c1-12-15-10-14(11-19-17(15)21-20-12)18(23)22-9-5-8-16(22)13-6-3-2-4-7-13/h2-4,6-7,10-11,16H,5,8-9H2,1H3,(H,19,20,21)/t16-/m0/s1. The van der Waals surface area contributed by atoms with Crippen LogP contribution in [0.15, 0.2) is 42.6 Å². The highest BCUT2D eigenvalue weighted by atomic mass is 16.2. The zero-order valence-corrected chi connectivity index (χ0v) is 13.0. The van der Waals surface area contributed by atoms with E-state index in [1.807, 2.05) is 36.1 Å². The van der Waals surface area contributed by atoms with Crippen LogP contribution in [0.1, 0.15) is 40.5 Å². The zero-order valence-electron chi connectivity index (χ0n) is 13.0. The molecular weight excluding hydrogens is 288 g/mol. The number of aromatic amines is 1. The topological polar surface area (TPSA) is 61.9 Å². The molecule has 3 heterocycles. The predicted octanol–water partition coefficient (Wildman–Crippen LogP) is 3.24. The quantitative estimate of drug-likeness (QED) is 0.790. The van der Waals surface area contributed by atoms with Gasteiger partial charge in [-0.25, -0.2) is 4.98 Å². The number of rotatable bonds is 2. The average molecular weight is 306 g/mol. The van der Waals surface area contributed by atoms with E-state index in [0.29, 0.717) is 11.2 Å². The van der Waals surface area contributed by atoms with E-state index in [0.717, 1.165) is 30.5 Å². The Morgan fingerprint density at radius 3 is 2.96 bits per heavy atom. The van der Waals surface area contributed by atoms with Crippen LogP contribution in [0.2, 0.25) is 0 Å². The van der Waals surface area contributed by atoms with E-state index >= 15 is 0 Å². The first-order chi connectivity index (χ1) is 11.2. The van der Waals surface area contributed by atoms with Crippen LogP contribution in [0.5, 0.6) is 0 Å². The number of H-pyrrole nitrogens is 1. The number of carbonyl (C=O) groups is 1. The predicted molar refractivity (Wildman–Crippen MR) is 88.1 cm³/mol. The molecule has 5 heteroatoms. The van der Waals surface area contributed by atoms with E-state index in [2.05, 4.69) is 27.3 Å². The van der Waals surface area contributed by atoms with Gasteiger partial charge in [-0.05, 0) is 31.4 Å². The molecule has 0 saturated carbocycles. The molecule has 4 rings (SSSR count). The normalized spacial score (nSPS) is 17.8. The number of aromatic nitrogens is 3. The van der Waals surface area contributed by atoms with Crippen LogP contribution in [-0.2, 0) is 0 Å². The number of nitrogens with one attached hydrogen (secondary N) is 1. The fourth-order valence-corrected chi connectivity index (χ4v) is 3.33.